The van der Waals surface area contributed by atoms with E-state index >= 15 is 0 Å². The predicted molar refractivity (Wildman–Crippen MR) is 88.5 cm³/mol. The number of hydrogen-bond donors (Lipinski definition) is 0. The van der Waals surface area contributed by atoms with Crippen LogP contribution in [-0.4, -0.2) is 24.3 Å². The minimum Gasteiger partial charge on any atom is -0.326 e. The zero-order chi connectivity index (χ0) is 16.5. The van der Waals surface area contributed by atoms with Gasteiger partial charge < -0.3 is 4.57 Å². The zero-order valence-corrected chi connectivity index (χ0v) is 13.1. The van der Waals surface area contributed by atoms with Crippen LogP contribution in [0.4, 0.5) is 0 Å². The van der Waals surface area contributed by atoms with Crippen LogP contribution in [0, 0.1) is 6.92 Å². The van der Waals surface area contributed by atoms with E-state index < -0.39 is 5.76 Å². The number of benzene rings is 1. The summed E-state index contributed by atoms with van der Waals surface area (Å²) in [6.45, 7) is 2.97. The molecule has 4 rings (SSSR count). The van der Waals surface area contributed by atoms with Crippen LogP contribution in [-0.2, 0) is 13.1 Å². The van der Waals surface area contributed by atoms with Crippen LogP contribution in [0.3, 0.4) is 0 Å². The fraction of sp³-hybridized carbons (Fsp3) is 0.176. The molecule has 0 aliphatic heterocycles. The van der Waals surface area contributed by atoms with Gasteiger partial charge in [0.05, 0.1) is 11.0 Å². The maximum atomic E-state index is 12.0. The molecule has 0 spiro atoms. The standard InChI is InChI=1S/C17H15N5O2/c1-12-19-13-6-2-3-8-15(13)21(12)10-11-22-16(20-24-17(22)23)14-7-4-5-9-18-14/h2-9H,10-11H2,1H3. The number of aryl methyl sites for hydroxylation is 2. The molecular weight excluding hydrogens is 306 g/mol. The van der Waals surface area contributed by atoms with E-state index in [1.165, 1.54) is 4.57 Å². The number of pyridine rings is 1. The van der Waals surface area contributed by atoms with E-state index in [1.54, 1.807) is 12.3 Å². The molecule has 0 aliphatic rings. The highest BCUT2D eigenvalue weighted by Gasteiger charge is 2.14. The molecule has 0 atom stereocenters. The Labute approximate surface area is 137 Å². The smallest absolute Gasteiger partial charge is 0.326 e. The largest absolute Gasteiger partial charge is 0.441 e. The summed E-state index contributed by atoms with van der Waals surface area (Å²) in [5.41, 5.74) is 2.59. The molecule has 1 aromatic carbocycles. The first-order valence-corrected chi connectivity index (χ1v) is 7.64. The number of para-hydroxylation sites is 2. The van der Waals surface area contributed by atoms with Crippen LogP contribution < -0.4 is 5.76 Å². The van der Waals surface area contributed by atoms with Gasteiger partial charge in [0.1, 0.15) is 11.5 Å². The van der Waals surface area contributed by atoms with Gasteiger partial charge in [-0.05, 0) is 31.2 Å². The molecular formula is C17H15N5O2. The first-order chi connectivity index (χ1) is 11.7. The Morgan fingerprint density at radius 3 is 2.67 bits per heavy atom. The Kier molecular flexibility index (Phi) is 3.45. The average molecular weight is 321 g/mol. The second-order valence-electron chi connectivity index (χ2n) is 5.44. The SMILES string of the molecule is Cc1nc2ccccc2n1CCn1c(-c2ccccn2)noc1=O. The third-order valence-corrected chi connectivity index (χ3v) is 3.97. The first-order valence-electron chi connectivity index (χ1n) is 7.64. The van der Waals surface area contributed by atoms with Crippen molar-refractivity contribution in [1.29, 1.82) is 0 Å². The molecule has 7 nitrogen and oxygen atoms in total. The summed E-state index contributed by atoms with van der Waals surface area (Å²) in [7, 11) is 0. The lowest BCUT2D eigenvalue weighted by Crippen LogP contribution is -2.19. The fourth-order valence-corrected chi connectivity index (χ4v) is 2.82. The summed E-state index contributed by atoms with van der Waals surface area (Å²) >= 11 is 0. The normalized spacial score (nSPS) is 11.2. The third kappa shape index (κ3) is 2.40. The van der Waals surface area contributed by atoms with Gasteiger partial charge in [0, 0.05) is 19.3 Å². The van der Waals surface area contributed by atoms with Gasteiger partial charge in [0.2, 0.25) is 5.82 Å². The Morgan fingerprint density at radius 1 is 1.04 bits per heavy atom. The number of nitrogens with zero attached hydrogens (tertiary/aromatic N) is 5. The van der Waals surface area contributed by atoms with Crippen molar-refractivity contribution in [2.45, 2.75) is 20.0 Å². The maximum Gasteiger partial charge on any atom is 0.441 e. The fourth-order valence-electron chi connectivity index (χ4n) is 2.82. The van der Waals surface area contributed by atoms with Crippen molar-refractivity contribution in [2.75, 3.05) is 0 Å². The summed E-state index contributed by atoms with van der Waals surface area (Å²) in [6.07, 6.45) is 1.66. The number of aromatic nitrogens is 5. The van der Waals surface area contributed by atoms with Crippen molar-refractivity contribution in [3.05, 3.63) is 65.0 Å². The van der Waals surface area contributed by atoms with E-state index in [1.807, 2.05) is 43.3 Å². The van der Waals surface area contributed by atoms with Gasteiger partial charge in [-0.2, -0.15) is 0 Å². The van der Waals surface area contributed by atoms with Gasteiger partial charge in [-0.1, -0.05) is 23.4 Å². The van der Waals surface area contributed by atoms with Gasteiger partial charge in [-0.25, -0.2) is 9.78 Å². The average Bonchev–Trinajstić information content (AvgIpc) is 3.13. The van der Waals surface area contributed by atoms with Crippen LogP contribution in [0.25, 0.3) is 22.6 Å². The Morgan fingerprint density at radius 2 is 1.83 bits per heavy atom. The highest BCUT2D eigenvalue weighted by Crippen LogP contribution is 2.16. The third-order valence-electron chi connectivity index (χ3n) is 3.97. The summed E-state index contributed by atoms with van der Waals surface area (Å²) in [5.74, 6) is 0.848. The van der Waals surface area contributed by atoms with E-state index in [2.05, 4.69) is 19.7 Å². The molecule has 0 radical (unpaired) electrons. The Hall–Kier alpha value is -3.22. The second-order valence-corrected chi connectivity index (χ2v) is 5.44. The molecule has 7 heteroatoms. The number of fused-ring (bicyclic) bond motifs is 1. The molecule has 0 unspecified atom stereocenters. The van der Waals surface area contributed by atoms with Gasteiger partial charge >= 0.3 is 5.76 Å². The number of hydrogen-bond acceptors (Lipinski definition) is 5. The predicted octanol–water partition coefficient (Wildman–Crippen LogP) is 2.26. The van der Waals surface area contributed by atoms with Gasteiger partial charge in [0.15, 0.2) is 0 Å². The lowest BCUT2D eigenvalue weighted by Gasteiger charge is -2.08. The van der Waals surface area contributed by atoms with E-state index in [9.17, 15) is 4.79 Å². The topological polar surface area (TPSA) is 78.7 Å². The molecule has 0 aliphatic carbocycles. The molecule has 3 heterocycles. The second kappa shape index (κ2) is 5.77. The monoisotopic (exact) mass is 321 g/mol. The lowest BCUT2D eigenvalue weighted by atomic mass is 10.3. The van der Waals surface area contributed by atoms with Crippen LogP contribution in [0.5, 0.6) is 0 Å². The van der Waals surface area contributed by atoms with Crippen molar-refractivity contribution >= 4 is 11.0 Å². The van der Waals surface area contributed by atoms with E-state index in [0.717, 1.165) is 16.9 Å². The molecule has 120 valence electrons. The van der Waals surface area contributed by atoms with E-state index in [4.69, 9.17) is 4.52 Å². The van der Waals surface area contributed by atoms with Crippen molar-refractivity contribution in [1.82, 2.24) is 24.3 Å². The number of rotatable bonds is 4. The molecule has 0 fully saturated rings. The summed E-state index contributed by atoms with van der Waals surface area (Å²) in [6, 6.07) is 13.4. The Bertz CT molecular complexity index is 1050. The minimum atomic E-state index is -0.488. The molecule has 0 saturated heterocycles. The Balaban J connectivity index is 1.68. The summed E-state index contributed by atoms with van der Waals surface area (Å²) in [5, 5.41) is 3.86. The molecule has 24 heavy (non-hydrogen) atoms. The lowest BCUT2D eigenvalue weighted by molar-refractivity contribution is 0.373. The summed E-state index contributed by atoms with van der Waals surface area (Å²) in [4.78, 5) is 20.8. The van der Waals surface area contributed by atoms with E-state index in [-0.39, 0.29) is 0 Å². The van der Waals surface area contributed by atoms with Gasteiger partial charge in [0.25, 0.3) is 0 Å². The first kappa shape index (κ1) is 14.4. The number of imidazole rings is 1. The zero-order valence-electron chi connectivity index (χ0n) is 13.1. The molecule has 0 amide bonds. The van der Waals surface area contributed by atoms with Crippen LogP contribution >= 0.6 is 0 Å². The molecule has 0 saturated carbocycles. The van der Waals surface area contributed by atoms with Crippen molar-refractivity contribution in [3.63, 3.8) is 0 Å². The quantitative estimate of drug-likeness (QED) is 0.576. The van der Waals surface area contributed by atoms with Crippen molar-refractivity contribution < 1.29 is 4.52 Å². The van der Waals surface area contributed by atoms with Crippen LogP contribution in [0.1, 0.15) is 5.82 Å². The molecule has 0 N–H and O–H groups in total. The molecule has 3 aromatic heterocycles. The van der Waals surface area contributed by atoms with Crippen molar-refractivity contribution in [2.24, 2.45) is 0 Å². The van der Waals surface area contributed by atoms with Crippen LogP contribution in [0.15, 0.2) is 58.0 Å². The highest BCUT2D eigenvalue weighted by atomic mass is 16.5. The minimum absolute atomic E-state index is 0.426. The molecule has 0 bridgehead atoms. The van der Waals surface area contributed by atoms with Crippen molar-refractivity contribution in [3.8, 4) is 11.5 Å². The molecule has 4 aromatic rings. The highest BCUT2D eigenvalue weighted by molar-refractivity contribution is 5.75. The van der Waals surface area contributed by atoms with Crippen LogP contribution in [0.2, 0.25) is 0 Å². The van der Waals surface area contributed by atoms with Gasteiger partial charge in [-0.15, -0.1) is 0 Å². The maximum absolute atomic E-state index is 12.0. The summed E-state index contributed by atoms with van der Waals surface area (Å²) < 4.78 is 8.41. The van der Waals surface area contributed by atoms with Gasteiger partial charge in [-0.3, -0.25) is 14.1 Å². The van der Waals surface area contributed by atoms with E-state index in [0.29, 0.717) is 24.6 Å².